The van der Waals surface area contributed by atoms with Crippen LogP contribution >= 0.6 is 10.8 Å². The summed E-state index contributed by atoms with van der Waals surface area (Å²) in [5.41, 5.74) is 8.35. The van der Waals surface area contributed by atoms with Crippen molar-refractivity contribution >= 4 is 22.2 Å². The molecule has 1 aliphatic rings. The highest BCUT2D eigenvalue weighted by Crippen LogP contribution is 2.61. The average Bonchev–Trinajstić information content (AvgIpc) is 2.54. The van der Waals surface area contributed by atoms with Crippen molar-refractivity contribution in [3.8, 4) is 0 Å². The fourth-order valence-electron chi connectivity index (χ4n) is 3.22. The van der Waals surface area contributed by atoms with Crippen LogP contribution in [0.5, 0.6) is 0 Å². The second-order valence-electron chi connectivity index (χ2n) is 5.99. The third-order valence-electron chi connectivity index (χ3n) is 4.44. The van der Waals surface area contributed by atoms with Crippen molar-refractivity contribution < 1.29 is 9.11 Å². The maximum atomic E-state index is 11.1. The summed E-state index contributed by atoms with van der Waals surface area (Å²) in [6.45, 7) is 2.59. The lowest BCUT2D eigenvalue weighted by atomic mass is 9.96. The van der Waals surface area contributed by atoms with E-state index in [1.807, 2.05) is 31.2 Å². The Kier molecular flexibility index (Phi) is 4.59. The fraction of sp³-hybridized carbons (Fsp3) is 0.353. The number of pyridine rings is 1. The summed E-state index contributed by atoms with van der Waals surface area (Å²) >= 11 is 0. The molecule has 0 fully saturated rings. The first kappa shape index (κ1) is 16.3. The van der Waals surface area contributed by atoms with Crippen molar-refractivity contribution in [1.29, 1.82) is 0 Å². The number of rotatable bonds is 4. The minimum absolute atomic E-state index is 0.123. The van der Waals surface area contributed by atoms with Crippen molar-refractivity contribution in [3.05, 3.63) is 54.4 Å². The first-order chi connectivity index (χ1) is 11.1. The van der Waals surface area contributed by atoms with Crippen LogP contribution in [0.25, 0.3) is 0 Å². The molecule has 1 aliphatic heterocycles. The molecule has 0 spiro atoms. The summed E-state index contributed by atoms with van der Waals surface area (Å²) in [5.74, 6) is 0.123. The number of hydrogen-bond donors (Lipinski definition) is 3. The monoisotopic (exact) mass is 333 g/mol. The molecule has 2 aromatic rings. The molecule has 0 aliphatic carbocycles. The van der Waals surface area contributed by atoms with Gasteiger partial charge in [-0.25, -0.2) is 4.31 Å². The number of hydrogen-bond acceptors (Lipinski definition) is 5. The van der Waals surface area contributed by atoms with Gasteiger partial charge < -0.3 is 5.73 Å². The molecule has 0 radical (unpaired) electrons. The maximum absolute atomic E-state index is 11.1. The van der Waals surface area contributed by atoms with Crippen LogP contribution in [0, 0.1) is 5.92 Å². The molecule has 5 nitrogen and oxygen atoms in total. The Labute approximate surface area is 138 Å². The molecule has 0 saturated carbocycles. The van der Waals surface area contributed by atoms with Gasteiger partial charge in [-0.15, -0.1) is 10.8 Å². The maximum Gasteiger partial charge on any atom is 0.0810 e. The highest BCUT2D eigenvalue weighted by Gasteiger charge is 2.41. The first-order valence-electron chi connectivity index (χ1n) is 7.81. The zero-order valence-corrected chi connectivity index (χ0v) is 14.0. The largest absolute Gasteiger partial charge is 0.330 e. The van der Waals surface area contributed by atoms with Crippen LogP contribution in [0.3, 0.4) is 0 Å². The molecule has 0 saturated heterocycles. The van der Waals surface area contributed by atoms with E-state index in [-0.39, 0.29) is 11.2 Å². The van der Waals surface area contributed by atoms with Crippen molar-refractivity contribution in [1.82, 2.24) is 4.98 Å². The summed E-state index contributed by atoms with van der Waals surface area (Å²) in [6, 6.07) is 11.5. The van der Waals surface area contributed by atoms with Gasteiger partial charge in [0.1, 0.15) is 0 Å². The minimum Gasteiger partial charge on any atom is -0.330 e. The Morgan fingerprint density at radius 1 is 1.30 bits per heavy atom. The lowest BCUT2D eigenvalue weighted by Gasteiger charge is -2.54. The Morgan fingerprint density at radius 3 is 2.78 bits per heavy atom. The number of nitrogens with two attached hydrogens (primary N) is 1. The van der Waals surface area contributed by atoms with Gasteiger partial charge in [0.25, 0.3) is 0 Å². The minimum atomic E-state index is -3.01. The summed E-state index contributed by atoms with van der Waals surface area (Å²) < 4.78 is 23.8. The van der Waals surface area contributed by atoms with Crippen LogP contribution in [0.4, 0.5) is 11.4 Å². The number of fused-ring (bicyclic) bond motifs is 1. The second-order valence-corrected chi connectivity index (χ2v) is 8.09. The zero-order chi connectivity index (χ0) is 16.4. The van der Waals surface area contributed by atoms with Gasteiger partial charge in [0.15, 0.2) is 0 Å². The quantitative estimate of drug-likeness (QED) is 0.793. The molecule has 1 aromatic heterocycles. The molecular weight excluding hydrogens is 310 g/mol. The lowest BCUT2D eigenvalue weighted by molar-refractivity contribution is 0.414. The Bertz CT molecular complexity index is 666. The summed E-state index contributed by atoms with van der Waals surface area (Å²) in [4.78, 5) is 4.13. The van der Waals surface area contributed by atoms with Gasteiger partial charge in [-0.1, -0.05) is 25.1 Å². The van der Waals surface area contributed by atoms with Gasteiger partial charge in [0.05, 0.1) is 22.8 Å². The van der Waals surface area contributed by atoms with E-state index in [1.54, 1.807) is 22.8 Å². The molecule has 0 amide bonds. The predicted molar refractivity (Wildman–Crippen MR) is 96.0 cm³/mol. The molecule has 1 aromatic carbocycles. The van der Waals surface area contributed by atoms with E-state index in [0.717, 1.165) is 17.7 Å². The van der Waals surface area contributed by atoms with Crippen molar-refractivity contribution in [3.63, 3.8) is 0 Å². The summed E-state index contributed by atoms with van der Waals surface area (Å²) in [6.07, 6.45) is 4.76. The third kappa shape index (κ3) is 2.95. The Balaban J connectivity index is 2.11. The number of para-hydroxylation sites is 1. The molecule has 3 rings (SSSR count). The van der Waals surface area contributed by atoms with E-state index in [4.69, 9.17) is 5.73 Å². The van der Waals surface area contributed by atoms with Crippen molar-refractivity contribution in [2.75, 3.05) is 10.8 Å². The van der Waals surface area contributed by atoms with E-state index in [0.29, 0.717) is 18.7 Å². The van der Waals surface area contributed by atoms with Crippen molar-refractivity contribution in [2.24, 2.45) is 11.7 Å². The smallest absolute Gasteiger partial charge is 0.0810 e. The van der Waals surface area contributed by atoms with E-state index in [9.17, 15) is 9.11 Å². The van der Waals surface area contributed by atoms with E-state index < -0.39 is 10.8 Å². The van der Waals surface area contributed by atoms with Crippen LogP contribution < -0.4 is 10.0 Å². The second kappa shape index (κ2) is 6.49. The number of anilines is 2. The van der Waals surface area contributed by atoms with Crippen LogP contribution in [-0.2, 0) is 6.42 Å². The predicted octanol–water partition coefficient (Wildman–Crippen LogP) is 3.79. The third-order valence-corrected chi connectivity index (χ3v) is 6.83. The van der Waals surface area contributed by atoms with Crippen LogP contribution in [-0.4, -0.2) is 25.9 Å². The SMILES string of the molecule is CC(CCN)C1Cc2ccccc2N(c2cccnc2)S1(O)O. The number of benzene rings is 1. The molecule has 124 valence electrons. The normalized spacial score (nSPS) is 22.3. The molecule has 2 unspecified atom stereocenters. The van der Waals surface area contributed by atoms with Crippen molar-refractivity contribution in [2.45, 2.75) is 25.0 Å². The molecule has 2 atom stereocenters. The van der Waals surface area contributed by atoms with Crippen LogP contribution in [0.15, 0.2) is 48.8 Å². The van der Waals surface area contributed by atoms with E-state index >= 15 is 0 Å². The molecule has 23 heavy (non-hydrogen) atoms. The topological polar surface area (TPSA) is 82.6 Å². The highest BCUT2D eigenvalue weighted by atomic mass is 32.3. The molecule has 4 N–H and O–H groups in total. The first-order valence-corrected chi connectivity index (χ1v) is 9.37. The molecule has 2 heterocycles. The fourth-order valence-corrected chi connectivity index (χ4v) is 5.54. The van der Waals surface area contributed by atoms with Gasteiger partial charge in [0, 0.05) is 6.20 Å². The Hall–Kier alpha value is -1.60. The molecule has 6 heteroatoms. The standard InChI is InChI=1S/C17H23N3O2S/c1-13(8-9-18)17-11-14-5-2-3-7-16(14)20(23(17,21)22)15-6-4-10-19-12-15/h2-7,10,12-13,17,21-22H,8-9,11,18H2,1H3. The van der Waals surface area contributed by atoms with Crippen LogP contribution in [0.1, 0.15) is 18.9 Å². The summed E-state index contributed by atoms with van der Waals surface area (Å²) in [7, 11) is -3.01. The van der Waals surface area contributed by atoms with Gasteiger partial charge in [-0.2, -0.15) is 0 Å². The van der Waals surface area contributed by atoms with E-state index in [2.05, 4.69) is 11.1 Å². The zero-order valence-electron chi connectivity index (χ0n) is 13.2. The molecule has 0 bridgehead atoms. The summed E-state index contributed by atoms with van der Waals surface area (Å²) in [5, 5.41) is -0.249. The number of nitrogens with zero attached hydrogens (tertiary/aromatic N) is 2. The highest BCUT2D eigenvalue weighted by molar-refractivity contribution is 8.26. The van der Waals surface area contributed by atoms with E-state index in [1.165, 1.54) is 0 Å². The van der Waals surface area contributed by atoms with Gasteiger partial charge >= 0.3 is 0 Å². The van der Waals surface area contributed by atoms with Gasteiger partial charge in [-0.05, 0) is 49.1 Å². The van der Waals surface area contributed by atoms with Crippen LogP contribution in [0.2, 0.25) is 0 Å². The number of aromatic nitrogens is 1. The lowest BCUT2D eigenvalue weighted by Crippen LogP contribution is -2.41. The molecular formula is C17H23N3O2S. The van der Waals surface area contributed by atoms with Gasteiger partial charge in [0.2, 0.25) is 0 Å². The average molecular weight is 333 g/mol. The Morgan fingerprint density at radius 2 is 2.09 bits per heavy atom. The van der Waals surface area contributed by atoms with Gasteiger partial charge in [-0.3, -0.25) is 14.1 Å².